The van der Waals surface area contributed by atoms with Crippen molar-refractivity contribution in [2.24, 2.45) is 0 Å². The molecule has 1 aromatic rings. The number of hydrogen-bond acceptors (Lipinski definition) is 4. The summed E-state index contributed by atoms with van der Waals surface area (Å²) in [6.45, 7) is 10.2. The van der Waals surface area contributed by atoms with Gasteiger partial charge in [-0.15, -0.1) is 0 Å². The molecule has 2 rings (SSSR count). The third kappa shape index (κ3) is 3.58. The summed E-state index contributed by atoms with van der Waals surface area (Å²) in [6, 6.07) is 3.75. The Hall–Kier alpha value is -1.81. The van der Waals surface area contributed by atoms with Crippen LogP contribution in [0.15, 0.2) is 17.7 Å². The Labute approximate surface area is 137 Å². The topological polar surface area (TPSA) is 66.8 Å². The van der Waals surface area contributed by atoms with Gasteiger partial charge in [-0.05, 0) is 29.2 Å². The Balaban J connectivity index is 2.65. The lowest BCUT2D eigenvalue weighted by Gasteiger charge is -2.29. The molecule has 2 N–H and O–H groups in total. The molecule has 0 saturated carbocycles. The lowest BCUT2D eigenvalue weighted by molar-refractivity contribution is -0.134. The van der Waals surface area contributed by atoms with Gasteiger partial charge in [-0.3, -0.25) is 0 Å². The zero-order valence-corrected chi connectivity index (χ0v) is 14.6. The number of aliphatic hydroxyl groups excluding tert-OH is 1. The first kappa shape index (κ1) is 17.5. The minimum Gasteiger partial charge on any atom is -0.507 e. The molecule has 0 atom stereocenters. The fourth-order valence-electron chi connectivity index (χ4n) is 2.69. The van der Waals surface area contributed by atoms with Crippen molar-refractivity contribution in [3.63, 3.8) is 0 Å². The Morgan fingerprint density at radius 1 is 1.17 bits per heavy atom. The predicted octanol–water partition coefficient (Wildman–Crippen LogP) is 3.29. The Morgan fingerprint density at radius 3 is 2.26 bits per heavy atom. The molecule has 0 aromatic heterocycles. The van der Waals surface area contributed by atoms with E-state index in [2.05, 4.69) is 0 Å². The first-order valence-corrected chi connectivity index (χ1v) is 7.93. The van der Waals surface area contributed by atoms with Gasteiger partial charge in [0.15, 0.2) is 0 Å². The van der Waals surface area contributed by atoms with Gasteiger partial charge >= 0.3 is 5.97 Å². The highest BCUT2D eigenvalue weighted by Crippen LogP contribution is 2.40. The van der Waals surface area contributed by atoms with Crippen molar-refractivity contribution in [1.82, 2.24) is 0 Å². The van der Waals surface area contributed by atoms with Gasteiger partial charge in [-0.1, -0.05) is 34.6 Å². The molecule has 1 heterocycles. The van der Waals surface area contributed by atoms with E-state index in [-0.39, 0.29) is 23.7 Å². The van der Waals surface area contributed by atoms with E-state index in [0.717, 1.165) is 11.1 Å². The first-order valence-electron chi connectivity index (χ1n) is 7.93. The Bertz CT molecular complexity index is 648. The van der Waals surface area contributed by atoms with Crippen LogP contribution in [0.5, 0.6) is 5.75 Å². The zero-order valence-electron chi connectivity index (χ0n) is 14.6. The number of phenolic OH excluding ortho intramolecular Hbond substituents is 1. The number of carbonyl (C=O) groups excluding carboxylic acids is 1. The number of phenols is 1. The van der Waals surface area contributed by atoms with Gasteiger partial charge in [0.2, 0.25) is 0 Å². The van der Waals surface area contributed by atoms with E-state index < -0.39 is 5.41 Å². The second-order valence-electron chi connectivity index (χ2n) is 7.81. The molecule has 0 radical (unpaired) electrons. The third-order valence-electron chi connectivity index (χ3n) is 4.27. The molecule has 1 aromatic carbocycles. The van der Waals surface area contributed by atoms with Gasteiger partial charge < -0.3 is 14.9 Å². The van der Waals surface area contributed by atoms with E-state index in [1.807, 2.05) is 52.8 Å². The standard InChI is InChI=1S/C19H26O4/c1-18(2,3)14-9-12(8-13-6-7-23-17(13)22)10-15(16(14)21)19(4,5)11-20/h8-10,20-21H,6-7,11H2,1-5H3. The summed E-state index contributed by atoms with van der Waals surface area (Å²) in [4.78, 5) is 11.7. The molecule has 0 spiro atoms. The quantitative estimate of drug-likeness (QED) is 0.663. The van der Waals surface area contributed by atoms with Gasteiger partial charge in [-0.25, -0.2) is 4.79 Å². The number of aromatic hydroxyl groups is 1. The van der Waals surface area contributed by atoms with Crippen LogP contribution in [-0.4, -0.2) is 29.4 Å². The second-order valence-corrected chi connectivity index (χ2v) is 7.81. The molecule has 1 aliphatic rings. The van der Waals surface area contributed by atoms with Crippen molar-refractivity contribution in [3.05, 3.63) is 34.4 Å². The highest BCUT2D eigenvalue weighted by atomic mass is 16.5. The molecule has 1 fully saturated rings. The SMILES string of the molecule is CC(C)(C)c1cc(C=C2CCOC2=O)cc(C(C)(C)CO)c1O. The molecule has 0 bridgehead atoms. The summed E-state index contributed by atoms with van der Waals surface area (Å²) in [5.74, 6) is -0.0638. The van der Waals surface area contributed by atoms with Gasteiger partial charge in [0, 0.05) is 28.5 Å². The van der Waals surface area contributed by atoms with E-state index >= 15 is 0 Å². The molecule has 23 heavy (non-hydrogen) atoms. The van der Waals surface area contributed by atoms with Crippen molar-refractivity contribution in [1.29, 1.82) is 0 Å². The fraction of sp³-hybridized carbons (Fsp3) is 0.526. The largest absolute Gasteiger partial charge is 0.507 e. The van der Waals surface area contributed by atoms with E-state index in [0.29, 0.717) is 24.2 Å². The number of ether oxygens (including phenoxy) is 1. The zero-order chi connectivity index (χ0) is 17.4. The number of benzene rings is 1. The molecule has 1 saturated heterocycles. The first-order chi connectivity index (χ1) is 10.6. The summed E-state index contributed by atoms with van der Waals surface area (Å²) < 4.78 is 4.98. The van der Waals surface area contributed by atoms with Crippen LogP contribution < -0.4 is 0 Å². The molecular formula is C19H26O4. The van der Waals surface area contributed by atoms with Crippen LogP contribution in [0, 0.1) is 0 Å². The maximum Gasteiger partial charge on any atom is 0.334 e. The van der Waals surface area contributed by atoms with E-state index in [9.17, 15) is 15.0 Å². The molecular weight excluding hydrogens is 292 g/mol. The lowest BCUT2D eigenvalue weighted by Crippen LogP contribution is -2.24. The fourth-order valence-corrected chi connectivity index (χ4v) is 2.69. The van der Waals surface area contributed by atoms with Gasteiger partial charge in [0.05, 0.1) is 13.2 Å². The van der Waals surface area contributed by atoms with E-state index in [4.69, 9.17) is 4.74 Å². The van der Waals surface area contributed by atoms with Crippen LogP contribution in [-0.2, 0) is 20.4 Å². The van der Waals surface area contributed by atoms with E-state index in [1.165, 1.54) is 0 Å². The summed E-state index contributed by atoms with van der Waals surface area (Å²) >= 11 is 0. The smallest absolute Gasteiger partial charge is 0.334 e. The number of esters is 1. The van der Waals surface area contributed by atoms with Crippen LogP contribution in [0.2, 0.25) is 0 Å². The van der Waals surface area contributed by atoms with Crippen molar-refractivity contribution in [3.8, 4) is 5.75 Å². The second kappa shape index (κ2) is 6.00. The Kier molecular flexibility index (Phi) is 4.58. The monoisotopic (exact) mass is 318 g/mol. The molecule has 1 aliphatic heterocycles. The van der Waals surface area contributed by atoms with Crippen molar-refractivity contribution < 1.29 is 19.7 Å². The minimum absolute atomic E-state index is 0.0772. The van der Waals surface area contributed by atoms with Crippen molar-refractivity contribution >= 4 is 12.0 Å². The van der Waals surface area contributed by atoms with Crippen molar-refractivity contribution in [2.45, 2.75) is 51.9 Å². The van der Waals surface area contributed by atoms with Crippen LogP contribution >= 0.6 is 0 Å². The normalized spacial score (nSPS) is 17.7. The lowest BCUT2D eigenvalue weighted by atomic mass is 9.77. The summed E-state index contributed by atoms with van der Waals surface area (Å²) in [5.41, 5.74) is 2.14. The maximum absolute atomic E-state index is 11.7. The third-order valence-corrected chi connectivity index (χ3v) is 4.27. The molecule has 0 aliphatic carbocycles. The highest BCUT2D eigenvalue weighted by Gasteiger charge is 2.29. The van der Waals surface area contributed by atoms with Crippen LogP contribution in [0.25, 0.3) is 6.08 Å². The molecule has 4 heteroatoms. The number of carbonyl (C=O) groups is 1. The number of aliphatic hydroxyl groups is 1. The average Bonchev–Trinajstić information content (AvgIpc) is 2.84. The summed E-state index contributed by atoms with van der Waals surface area (Å²) in [7, 11) is 0. The van der Waals surface area contributed by atoms with E-state index in [1.54, 1.807) is 0 Å². The highest BCUT2D eigenvalue weighted by molar-refractivity contribution is 5.95. The minimum atomic E-state index is -0.575. The van der Waals surface area contributed by atoms with Gasteiger partial charge in [0.1, 0.15) is 5.75 Å². The van der Waals surface area contributed by atoms with Crippen LogP contribution in [0.1, 0.15) is 57.7 Å². The van der Waals surface area contributed by atoms with Crippen molar-refractivity contribution in [2.75, 3.05) is 13.2 Å². The van der Waals surface area contributed by atoms with Crippen LogP contribution in [0.4, 0.5) is 0 Å². The van der Waals surface area contributed by atoms with Crippen LogP contribution in [0.3, 0.4) is 0 Å². The molecule has 0 unspecified atom stereocenters. The van der Waals surface area contributed by atoms with Gasteiger partial charge in [-0.2, -0.15) is 0 Å². The number of cyclic esters (lactones) is 1. The maximum atomic E-state index is 11.7. The Morgan fingerprint density at radius 2 is 1.78 bits per heavy atom. The molecule has 126 valence electrons. The van der Waals surface area contributed by atoms with Gasteiger partial charge in [0.25, 0.3) is 0 Å². The number of rotatable bonds is 3. The summed E-state index contributed by atoms with van der Waals surface area (Å²) in [6.07, 6.45) is 2.42. The molecule has 0 amide bonds. The predicted molar refractivity (Wildman–Crippen MR) is 90.5 cm³/mol. The molecule has 4 nitrogen and oxygen atoms in total. The average molecular weight is 318 g/mol. The summed E-state index contributed by atoms with van der Waals surface area (Å²) in [5, 5.41) is 20.4. The number of hydrogen-bond donors (Lipinski definition) is 2.